The number of benzene rings is 1. The fourth-order valence-corrected chi connectivity index (χ4v) is 3.23. The van der Waals surface area contributed by atoms with Crippen molar-refractivity contribution in [3.63, 3.8) is 0 Å². The van der Waals surface area contributed by atoms with Crippen LogP contribution in [0.15, 0.2) is 74.2 Å². The lowest BCUT2D eigenvalue weighted by atomic mass is 10.2. The highest BCUT2D eigenvalue weighted by molar-refractivity contribution is 7.13. The molecule has 0 fully saturated rings. The summed E-state index contributed by atoms with van der Waals surface area (Å²) in [6, 6.07) is 13.8. The molecule has 0 saturated heterocycles. The van der Waals surface area contributed by atoms with E-state index in [1.165, 1.54) is 0 Å². The molecule has 0 aliphatic rings. The molecule has 3 aromatic heterocycles. The van der Waals surface area contributed by atoms with E-state index in [1.54, 1.807) is 30.9 Å². The zero-order valence-electron chi connectivity index (χ0n) is 15.3. The van der Waals surface area contributed by atoms with Gasteiger partial charge in [0.25, 0.3) is 0 Å². The highest BCUT2D eigenvalue weighted by Gasteiger charge is 2.09. The van der Waals surface area contributed by atoms with Gasteiger partial charge < -0.3 is 19.5 Å². The normalized spacial score (nSPS) is 11.5. The van der Waals surface area contributed by atoms with E-state index in [0.717, 1.165) is 21.8 Å². The maximum absolute atomic E-state index is 5.55. The smallest absolute Gasteiger partial charge is 0.236 e. The molecule has 28 heavy (non-hydrogen) atoms. The molecule has 0 spiro atoms. The minimum absolute atomic E-state index is 0.495. The van der Waals surface area contributed by atoms with Crippen molar-refractivity contribution < 1.29 is 8.83 Å². The number of hydrogen-bond donors (Lipinski definition) is 2. The first-order chi connectivity index (χ1) is 13.8. The largest absolute Gasteiger partial charge is 0.444 e. The standard InChI is InChI=1S/C20H19N5O2S/c1-21-20(23-11-16-13-27-19(25-16)17-8-5-9-28-17)22-10-15-12-26-18(24-15)14-6-3-2-4-7-14/h2-9,12-13H,10-11H2,1H3,(H2,21,22,23). The van der Waals surface area contributed by atoms with Gasteiger partial charge in [0.2, 0.25) is 11.8 Å². The maximum Gasteiger partial charge on any atom is 0.236 e. The Balaban J connectivity index is 1.30. The van der Waals surface area contributed by atoms with Crippen LogP contribution < -0.4 is 10.6 Å². The van der Waals surface area contributed by atoms with Crippen molar-refractivity contribution in [1.29, 1.82) is 0 Å². The average molecular weight is 393 g/mol. The van der Waals surface area contributed by atoms with Crippen molar-refractivity contribution in [3.8, 4) is 22.2 Å². The molecule has 4 rings (SSSR count). The summed E-state index contributed by atoms with van der Waals surface area (Å²) in [4.78, 5) is 14.2. The molecule has 0 radical (unpaired) electrons. The van der Waals surface area contributed by atoms with Gasteiger partial charge in [-0.25, -0.2) is 9.97 Å². The number of nitrogens with zero attached hydrogens (tertiary/aromatic N) is 3. The van der Waals surface area contributed by atoms with Crippen LogP contribution in [0.3, 0.4) is 0 Å². The van der Waals surface area contributed by atoms with Crippen molar-refractivity contribution >= 4 is 17.3 Å². The number of aliphatic imine (C=N–C) groups is 1. The number of guanidine groups is 1. The van der Waals surface area contributed by atoms with E-state index < -0.39 is 0 Å². The summed E-state index contributed by atoms with van der Waals surface area (Å²) in [7, 11) is 1.72. The van der Waals surface area contributed by atoms with Gasteiger partial charge in [-0.1, -0.05) is 24.3 Å². The zero-order valence-corrected chi connectivity index (χ0v) is 16.1. The van der Waals surface area contributed by atoms with Crippen molar-refractivity contribution in [2.45, 2.75) is 13.1 Å². The molecule has 0 atom stereocenters. The van der Waals surface area contributed by atoms with E-state index in [9.17, 15) is 0 Å². The van der Waals surface area contributed by atoms with Crippen molar-refractivity contribution in [2.75, 3.05) is 7.05 Å². The Hall–Kier alpha value is -3.39. The Morgan fingerprint density at radius 3 is 2.25 bits per heavy atom. The zero-order chi connectivity index (χ0) is 19.2. The maximum atomic E-state index is 5.55. The number of aromatic nitrogens is 2. The molecule has 0 aliphatic heterocycles. The molecule has 4 aromatic rings. The van der Waals surface area contributed by atoms with E-state index in [1.807, 2.05) is 47.8 Å². The van der Waals surface area contributed by atoms with Crippen LogP contribution in [0, 0.1) is 0 Å². The first-order valence-corrected chi connectivity index (χ1v) is 9.62. The van der Waals surface area contributed by atoms with Crippen LogP contribution in [0.4, 0.5) is 0 Å². The monoisotopic (exact) mass is 393 g/mol. The number of nitrogens with one attached hydrogen (secondary N) is 2. The van der Waals surface area contributed by atoms with Crippen LogP contribution in [-0.4, -0.2) is 23.0 Å². The molecule has 0 aliphatic carbocycles. The van der Waals surface area contributed by atoms with E-state index in [2.05, 4.69) is 25.6 Å². The molecule has 8 heteroatoms. The van der Waals surface area contributed by atoms with Crippen LogP contribution >= 0.6 is 11.3 Å². The van der Waals surface area contributed by atoms with Gasteiger partial charge in [0.05, 0.1) is 29.4 Å². The molecular formula is C20H19N5O2S. The van der Waals surface area contributed by atoms with Crippen molar-refractivity contribution in [2.24, 2.45) is 4.99 Å². The minimum Gasteiger partial charge on any atom is -0.444 e. The second-order valence-corrected chi connectivity index (χ2v) is 6.86. The fourth-order valence-electron chi connectivity index (χ4n) is 2.57. The predicted octanol–water partition coefficient (Wildman–Crippen LogP) is 3.92. The van der Waals surface area contributed by atoms with E-state index >= 15 is 0 Å². The molecule has 2 N–H and O–H groups in total. The first kappa shape index (κ1) is 18.0. The van der Waals surface area contributed by atoms with Gasteiger partial charge >= 0.3 is 0 Å². The van der Waals surface area contributed by atoms with Crippen molar-refractivity contribution in [1.82, 2.24) is 20.6 Å². The minimum atomic E-state index is 0.495. The summed E-state index contributed by atoms with van der Waals surface area (Å²) in [5.41, 5.74) is 2.55. The Bertz CT molecular complexity index is 1040. The number of oxazole rings is 2. The number of hydrogen-bond acceptors (Lipinski definition) is 6. The third kappa shape index (κ3) is 4.29. The lowest BCUT2D eigenvalue weighted by molar-refractivity contribution is 0.572. The molecule has 7 nitrogen and oxygen atoms in total. The van der Waals surface area contributed by atoms with Gasteiger partial charge in [-0.15, -0.1) is 11.3 Å². The van der Waals surface area contributed by atoms with Gasteiger partial charge in [0.15, 0.2) is 5.96 Å². The van der Waals surface area contributed by atoms with Gasteiger partial charge in [0.1, 0.15) is 12.5 Å². The fraction of sp³-hybridized carbons (Fsp3) is 0.150. The highest BCUT2D eigenvalue weighted by atomic mass is 32.1. The molecule has 0 saturated carbocycles. The second kappa shape index (κ2) is 8.53. The van der Waals surface area contributed by atoms with Crippen LogP contribution in [0.2, 0.25) is 0 Å². The SMILES string of the molecule is CN=C(NCc1coc(-c2ccccc2)n1)NCc1coc(-c2cccs2)n1. The van der Waals surface area contributed by atoms with Gasteiger partial charge in [-0.05, 0) is 23.6 Å². The molecule has 0 bridgehead atoms. The second-order valence-electron chi connectivity index (χ2n) is 5.91. The Labute approximate surface area is 166 Å². The Morgan fingerprint density at radius 2 is 1.61 bits per heavy atom. The number of rotatable bonds is 6. The molecule has 3 heterocycles. The summed E-state index contributed by atoms with van der Waals surface area (Å²) in [6.07, 6.45) is 3.30. The van der Waals surface area contributed by atoms with Gasteiger partial charge in [-0.3, -0.25) is 4.99 Å². The predicted molar refractivity (Wildman–Crippen MR) is 109 cm³/mol. The summed E-state index contributed by atoms with van der Waals surface area (Å²) >= 11 is 1.60. The number of thiophene rings is 1. The van der Waals surface area contributed by atoms with Gasteiger partial charge in [0, 0.05) is 12.6 Å². The van der Waals surface area contributed by atoms with E-state index in [-0.39, 0.29) is 0 Å². The van der Waals surface area contributed by atoms with Crippen LogP contribution in [0.1, 0.15) is 11.4 Å². The average Bonchev–Trinajstić information content (AvgIpc) is 3.49. The first-order valence-electron chi connectivity index (χ1n) is 8.74. The summed E-state index contributed by atoms with van der Waals surface area (Å²) in [5, 5.41) is 8.43. The quantitative estimate of drug-likeness (QED) is 0.381. The highest BCUT2D eigenvalue weighted by Crippen LogP contribution is 2.23. The Kier molecular flexibility index (Phi) is 5.48. The van der Waals surface area contributed by atoms with Crippen LogP contribution in [0.5, 0.6) is 0 Å². The molecule has 0 amide bonds. The van der Waals surface area contributed by atoms with Crippen LogP contribution in [-0.2, 0) is 13.1 Å². The molecule has 1 aromatic carbocycles. The third-order valence-electron chi connectivity index (χ3n) is 3.95. The van der Waals surface area contributed by atoms with E-state index in [4.69, 9.17) is 8.83 Å². The lowest BCUT2D eigenvalue weighted by Crippen LogP contribution is -2.36. The van der Waals surface area contributed by atoms with Crippen molar-refractivity contribution in [3.05, 3.63) is 71.8 Å². The molecular weight excluding hydrogens is 374 g/mol. The summed E-state index contributed by atoms with van der Waals surface area (Å²) in [5.74, 6) is 1.87. The molecule has 0 unspecified atom stereocenters. The van der Waals surface area contributed by atoms with E-state index in [0.29, 0.717) is 30.8 Å². The summed E-state index contributed by atoms with van der Waals surface area (Å²) < 4.78 is 11.1. The summed E-state index contributed by atoms with van der Waals surface area (Å²) in [6.45, 7) is 0.998. The Morgan fingerprint density at radius 1 is 0.929 bits per heavy atom. The van der Waals surface area contributed by atoms with Gasteiger partial charge in [-0.2, -0.15) is 0 Å². The molecule has 142 valence electrons. The topological polar surface area (TPSA) is 88.5 Å². The lowest BCUT2D eigenvalue weighted by Gasteiger charge is -2.09. The third-order valence-corrected chi connectivity index (χ3v) is 4.81. The van der Waals surface area contributed by atoms with Crippen LogP contribution in [0.25, 0.3) is 22.2 Å².